The Morgan fingerprint density at radius 2 is 1.75 bits per heavy atom. The minimum atomic E-state index is -0.515. The van der Waals surface area contributed by atoms with E-state index in [9.17, 15) is 9.18 Å². The molecule has 2 amide bonds. The zero-order valence-electron chi connectivity index (χ0n) is 10.1. The molecule has 0 aliphatic carbocycles. The van der Waals surface area contributed by atoms with Crippen molar-refractivity contribution in [2.24, 2.45) is 0 Å². The average Bonchev–Trinajstić information content (AvgIpc) is 2.41. The second-order valence-corrected chi connectivity index (χ2v) is 4.68. The maximum Gasteiger partial charge on any atom is 0.337 e. The van der Waals surface area contributed by atoms with Crippen LogP contribution in [0.5, 0.6) is 0 Å². The van der Waals surface area contributed by atoms with E-state index < -0.39 is 6.03 Å². The number of halogens is 3. The van der Waals surface area contributed by atoms with Gasteiger partial charge in [-0.15, -0.1) is 0 Å². The van der Waals surface area contributed by atoms with Gasteiger partial charge >= 0.3 is 6.03 Å². The van der Waals surface area contributed by atoms with Crippen LogP contribution in [-0.4, -0.2) is 6.03 Å². The van der Waals surface area contributed by atoms with E-state index in [2.05, 4.69) is 16.2 Å². The summed E-state index contributed by atoms with van der Waals surface area (Å²) in [5, 5.41) is 3.35. The number of anilines is 2. The number of amides is 2. The summed E-state index contributed by atoms with van der Waals surface area (Å²) >= 11 is 11.7. The van der Waals surface area contributed by atoms with Crippen molar-refractivity contribution in [1.82, 2.24) is 5.43 Å². The fraction of sp³-hybridized carbons (Fsp3) is 0. The van der Waals surface area contributed by atoms with Crippen molar-refractivity contribution >= 4 is 40.6 Å². The molecule has 0 fully saturated rings. The molecule has 0 saturated heterocycles. The summed E-state index contributed by atoms with van der Waals surface area (Å²) in [7, 11) is 0. The van der Waals surface area contributed by atoms with Crippen molar-refractivity contribution in [2.45, 2.75) is 0 Å². The summed E-state index contributed by atoms with van der Waals surface area (Å²) in [6.45, 7) is 0. The molecule has 0 radical (unpaired) electrons. The number of hydrazine groups is 1. The van der Waals surface area contributed by atoms with E-state index in [1.165, 1.54) is 30.3 Å². The summed E-state index contributed by atoms with van der Waals surface area (Å²) in [4.78, 5) is 11.6. The van der Waals surface area contributed by atoms with Crippen molar-refractivity contribution in [3.05, 3.63) is 58.3 Å². The SMILES string of the molecule is O=C(NNc1ccc(F)cc1)Nc1ccc(Cl)cc1Cl. The van der Waals surface area contributed by atoms with Gasteiger partial charge in [0.05, 0.1) is 16.4 Å². The molecule has 2 aromatic rings. The van der Waals surface area contributed by atoms with Gasteiger partial charge in [-0.25, -0.2) is 9.18 Å². The summed E-state index contributed by atoms with van der Waals surface area (Å²) < 4.78 is 12.7. The molecule has 0 heterocycles. The molecule has 0 unspecified atom stereocenters. The zero-order valence-corrected chi connectivity index (χ0v) is 11.6. The minimum absolute atomic E-state index is 0.328. The van der Waals surface area contributed by atoms with Gasteiger partial charge in [-0.1, -0.05) is 23.2 Å². The molecule has 0 atom stereocenters. The molecule has 0 aromatic heterocycles. The number of rotatable bonds is 3. The van der Waals surface area contributed by atoms with Crippen molar-refractivity contribution in [3.8, 4) is 0 Å². The molecule has 2 rings (SSSR count). The second kappa shape index (κ2) is 6.45. The van der Waals surface area contributed by atoms with E-state index in [0.717, 1.165) is 0 Å². The van der Waals surface area contributed by atoms with Crippen LogP contribution in [-0.2, 0) is 0 Å². The van der Waals surface area contributed by atoms with E-state index in [1.807, 2.05) is 0 Å². The van der Waals surface area contributed by atoms with Crippen molar-refractivity contribution in [1.29, 1.82) is 0 Å². The highest BCUT2D eigenvalue weighted by molar-refractivity contribution is 6.36. The predicted molar refractivity (Wildman–Crippen MR) is 78.6 cm³/mol. The third kappa shape index (κ3) is 4.01. The molecule has 104 valence electrons. The standard InChI is InChI=1S/C13H10Cl2FN3O/c14-8-1-6-12(11(15)7-8)17-13(20)19-18-10-4-2-9(16)3-5-10/h1-7,18H,(H2,17,19,20). The van der Waals surface area contributed by atoms with Gasteiger partial charge in [-0.05, 0) is 42.5 Å². The van der Waals surface area contributed by atoms with Crippen LogP contribution in [0.1, 0.15) is 0 Å². The lowest BCUT2D eigenvalue weighted by molar-refractivity contribution is 0.254. The van der Waals surface area contributed by atoms with Crippen molar-refractivity contribution in [2.75, 3.05) is 10.7 Å². The first kappa shape index (κ1) is 14.4. The Balaban J connectivity index is 1.90. The maximum absolute atomic E-state index is 12.7. The van der Waals surface area contributed by atoms with Crippen LogP contribution in [0.3, 0.4) is 0 Å². The molecule has 0 bridgehead atoms. The van der Waals surface area contributed by atoms with Crippen LogP contribution >= 0.6 is 23.2 Å². The normalized spacial score (nSPS) is 9.95. The van der Waals surface area contributed by atoms with Gasteiger partial charge in [0.2, 0.25) is 0 Å². The molecule has 0 saturated carbocycles. The fourth-order valence-electron chi connectivity index (χ4n) is 1.41. The molecular formula is C13H10Cl2FN3O. The van der Waals surface area contributed by atoms with Gasteiger partial charge in [0.25, 0.3) is 0 Å². The number of urea groups is 1. The number of benzene rings is 2. The highest BCUT2D eigenvalue weighted by atomic mass is 35.5. The van der Waals surface area contributed by atoms with Crippen LogP contribution in [0.4, 0.5) is 20.6 Å². The van der Waals surface area contributed by atoms with Gasteiger partial charge in [0.1, 0.15) is 5.82 Å². The van der Waals surface area contributed by atoms with Crippen LogP contribution in [0.2, 0.25) is 10.0 Å². The summed E-state index contributed by atoms with van der Waals surface area (Å²) in [5.41, 5.74) is 5.99. The number of hydrogen-bond donors (Lipinski definition) is 3. The van der Waals surface area contributed by atoms with E-state index in [-0.39, 0.29) is 5.82 Å². The number of hydrogen-bond acceptors (Lipinski definition) is 2. The van der Waals surface area contributed by atoms with Gasteiger partial charge in [0.15, 0.2) is 0 Å². The van der Waals surface area contributed by atoms with Crippen molar-refractivity contribution < 1.29 is 9.18 Å². The molecular weight excluding hydrogens is 304 g/mol. The second-order valence-electron chi connectivity index (χ2n) is 3.84. The Kier molecular flexibility index (Phi) is 4.65. The fourth-order valence-corrected chi connectivity index (χ4v) is 1.86. The van der Waals surface area contributed by atoms with Gasteiger partial charge in [-0.2, -0.15) is 0 Å². The van der Waals surface area contributed by atoms with Crippen molar-refractivity contribution in [3.63, 3.8) is 0 Å². The minimum Gasteiger partial charge on any atom is -0.305 e. The molecule has 0 aliphatic heterocycles. The first-order valence-electron chi connectivity index (χ1n) is 5.58. The predicted octanol–water partition coefficient (Wildman–Crippen LogP) is 4.28. The lowest BCUT2D eigenvalue weighted by Gasteiger charge is -2.11. The highest BCUT2D eigenvalue weighted by Gasteiger charge is 2.05. The monoisotopic (exact) mass is 313 g/mol. The number of carbonyl (C=O) groups is 1. The Morgan fingerprint density at radius 1 is 1.05 bits per heavy atom. The third-order valence-electron chi connectivity index (χ3n) is 2.34. The molecule has 0 spiro atoms. The third-order valence-corrected chi connectivity index (χ3v) is 2.89. The lowest BCUT2D eigenvalue weighted by atomic mass is 10.3. The molecule has 0 aliphatic rings. The summed E-state index contributed by atoms with van der Waals surface area (Å²) in [6.07, 6.45) is 0. The highest BCUT2D eigenvalue weighted by Crippen LogP contribution is 2.25. The molecule has 3 N–H and O–H groups in total. The Labute approximate surface area is 124 Å². The van der Waals surface area contributed by atoms with E-state index in [0.29, 0.717) is 21.4 Å². The molecule has 2 aromatic carbocycles. The summed E-state index contributed by atoms with van der Waals surface area (Å²) in [6, 6.07) is 9.73. The molecule has 7 heteroatoms. The van der Waals surface area contributed by atoms with E-state index in [4.69, 9.17) is 23.2 Å². The lowest BCUT2D eigenvalue weighted by Crippen LogP contribution is -2.33. The smallest absolute Gasteiger partial charge is 0.305 e. The largest absolute Gasteiger partial charge is 0.337 e. The average molecular weight is 314 g/mol. The van der Waals surface area contributed by atoms with Gasteiger partial charge < -0.3 is 5.32 Å². The molecule has 4 nitrogen and oxygen atoms in total. The van der Waals surface area contributed by atoms with Crippen LogP contribution < -0.4 is 16.2 Å². The van der Waals surface area contributed by atoms with Crippen LogP contribution in [0, 0.1) is 5.82 Å². The van der Waals surface area contributed by atoms with Crippen LogP contribution in [0.25, 0.3) is 0 Å². The Hall–Kier alpha value is -1.98. The number of nitrogens with one attached hydrogen (secondary N) is 3. The zero-order chi connectivity index (χ0) is 14.5. The molecule has 20 heavy (non-hydrogen) atoms. The quantitative estimate of drug-likeness (QED) is 0.741. The Morgan fingerprint density at radius 3 is 2.40 bits per heavy atom. The van der Waals surface area contributed by atoms with E-state index in [1.54, 1.807) is 12.1 Å². The van der Waals surface area contributed by atoms with E-state index >= 15 is 0 Å². The first-order chi connectivity index (χ1) is 9.54. The van der Waals surface area contributed by atoms with Crippen LogP contribution in [0.15, 0.2) is 42.5 Å². The first-order valence-corrected chi connectivity index (χ1v) is 6.34. The van der Waals surface area contributed by atoms with Gasteiger partial charge in [-0.3, -0.25) is 10.9 Å². The maximum atomic E-state index is 12.7. The van der Waals surface area contributed by atoms with Gasteiger partial charge in [0, 0.05) is 5.02 Å². The number of carbonyl (C=O) groups excluding carboxylic acids is 1. The topological polar surface area (TPSA) is 53.2 Å². The summed E-state index contributed by atoms with van der Waals surface area (Å²) in [5.74, 6) is -0.354. The Bertz CT molecular complexity index is 620.